The highest BCUT2D eigenvalue weighted by atomic mass is 32.2. The molecule has 8 heteroatoms. The predicted molar refractivity (Wildman–Crippen MR) is 60.2 cm³/mol. The molecule has 1 N–H and O–H groups in total. The minimum Gasteiger partial charge on any atom is -0.272 e. The van der Waals surface area contributed by atoms with E-state index < -0.39 is 10.7 Å². The second-order valence-corrected chi connectivity index (χ2v) is 4.13. The Morgan fingerprint density at radius 3 is 2.82 bits per heavy atom. The average Bonchev–Trinajstić information content (AvgIpc) is 2.30. The summed E-state index contributed by atoms with van der Waals surface area (Å²) >= 11 is 1.08. The van der Waals surface area contributed by atoms with Crippen LogP contribution in [0.3, 0.4) is 0 Å². The highest BCUT2D eigenvalue weighted by Gasteiger charge is 2.19. The Balaban J connectivity index is 2.34. The van der Waals surface area contributed by atoms with Crippen LogP contribution in [0.15, 0.2) is 23.3 Å². The van der Waals surface area contributed by atoms with Gasteiger partial charge in [-0.1, -0.05) is 11.8 Å². The molecule has 0 saturated carbocycles. The van der Waals surface area contributed by atoms with Crippen LogP contribution in [0.5, 0.6) is 0 Å². The van der Waals surface area contributed by atoms with Crippen LogP contribution in [0, 0.1) is 15.9 Å². The molecule has 2 rings (SSSR count). The zero-order chi connectivity index (χ0) is 12.4. The molecule has 0 aromatic heterocycles. The summed E-state index contributed by atoms with van der Waals surface area (Å²) in [5.74, 6) is -0.849. The first-order valence-corrected chi connectivity index (χ1v) is 5.50. The van der Waals surface area contributed by atoms with Crippen LogP contribution < -0.4 is 5.43 Å². The number of carbonyl (C=O) groups excluding carboxylic acids is 1. The van der Waals surface area contributed by atoms with Gasteiger partial charge in [0.1, 0.15) is 10.9 Å². The van der Waals surface area contributed by atoms with Crippen molar-refractivity contribution >= 4 is 28.4 Å². The van der Waals surface area contributed by atoms with Crippen molar-refractivity contribution in [3.05, 3.63) is 39.7 Å². The number of hydrazone groups is 1. The SMILES string of the molecule is O=C1CSC(c2ccc([N+](=O)[O-])cc2F)=NN1. The molecule has 1 aromatic carbocycles. The molecule has 0 unspecified atom stereocenters. The quantitative estimate of drug-likeness (QED) is 0.636. The smallest absolute Gasteiger partial charge is 0.272 e. The molecule has 0 aliphatic carbocycles. The van der Waals surface area contributed by atoms with Crippen LogP contribution in [-0.4, -0.2) is 21.6 Å². The molecule has 1 amide bonds. The first-order chi connectivity index (χ1) is 8.08. The van der Waals surface area contributed by atoms with Crippen LogP contribution in [0.25, 0.3) is 0 Å². The van der Waals surface area contributed by atoms with Gasteiger partial charge in [0.05, 0.1) is 16.7 Å². The van der Waals surface area contributed by atoms with Gasteiger partial charge in [-0.2, -0.15) is 5.10 Å². The van der Waals surface area contributed by atoms with Crippen molar-refractivity contribution < 1.29 is 14.1 Å². The highest BCUT2D eigenvalue weighted by Crippen LogP contribution is 2.22. The number of hydrogen-bond acceptors (Lipinski definition) is 5. The lowest BCUT2D eigenvalue weighted by molar-refractivity contribution is -0.385. The third kappa shape index (κ3) is 2.41. The van der Waals surface area contributed by atoms with Crippen molar-refractivity contribution in [2.75, 3.05) is 5.75 Å². The number of nitrogens with zero attached hydrogens (tertiary/aromatic N) is 2. The molecule has 88 valence electrons. The van der Waals surface area contributed by atoms with Gasteiger partial charge in [0.15, 0.2) is 0 Å². The maximum atomic E-state index is 13.6. The first-order valence-electron chi connectivity index (χ1n) is 4.51. The third-order valence-electron chi connectivity index (χ3n) is 2.02. The summed E-state index contributed by atoms with van der Waals surface area (Å²) in [7, 11) is 0. The third-order valence-corrected chi connectivity index (χ3v) is 3.01. The van der Waals surface area contributed by atoms with Gasteiger partial charge in [0, 0.05) is 11.6 Å². The zero-order valence-electron chi connectivity index (χ0n) is 8.34. The van der Waals surface area contributed by atoms with Gasteiger partial charge < -0.3 is 0 Å². The number of benzene rings is 1. The Morgan fingerprint density at radius 1 is 1.53 bits per heavy atom. The number of nitrogens with one attached hydrogen (secondary N) is 1. The second-order valence-electron chi connectivity index (χ2n) is 3.16. The number of thioether (sulfide) groups is 1. The fourth-order valence-electron chi connectivity index (χ4n) is 1.24. The van der Waals surface area contributed by atoms with E-state index in [0.29, 0.717) is 5.04 Å². The normalized spacial score (nSPS) is 15.1. The number of non-ortho nitro benzene ring substituents is 1. The lowest BCUT2D eigenvalue weighted by Crippen LogP contribution is -2.26. The van der Waals surface area contributed by atoms with E-state index in [1.54, 1.807) is 0 Å². The molecular weight excluding hydrogens is 249 g/mol. The molecule has 0 atom stereocenters. The number of halogens is 1. The number of amides is 1. The Morgan fingerprint density at radius 2 is 2.29 bits per heavy atom. The van der Waals surface area contributed by atoms with Crippen molar-refractivity contribution in [3.8, 4) is 0 Å². The standard InChI is InChI=1S/C9H6FN3O3S/c10-7-3-5(13(15)16)1-2-6(7)9-12-11-8(14)4-17-9/h1-3H,4H2,(H,11,14). The van der Waals surface area contributed by atoms with E-state index in [1.165, 1.54) is 12.1 Å². The van der Waals surface area contributed by atoms with Crippen molar-refractivity contribution in [2.24, 2.45) is 5.10 Å². The summed E-state index contributed by atoms with van der Waals surface area (Å²) in [6, 6.07) is 3.30. The fourth-order valence-corrected chi connectivity index (χ4v) is 2.00. The predicted octanol–water partition coefficient (Wildman–Crippen LogP) is 1.26. The number of hydrogen-bond donors (Lipinski definition) is 1. The van der Waals surface area contributed by atoms with Gasteiger partial charge in [0.2, 0.25) is 0 Å². The molecule has 1 heterocycles. The Bertz CT molecular complexity index is 532. The summed E-state index contributed by atoms with van der Waals surface area (Å²) in [5.41, 5.74) is 2.04. The molecule has 0 saturated heterocycles. The van der Waals surface area contributed by atoms with Gasteiger partial charge in [-0.15, -0.1) is 0 Å². The molecule has 0 bridgehead atoms. The van der Waals surface area contributed by atoms with Gasteiger partial charge >= 0.3 is 0 Å². The molecule has 1 aromatic rings. The van der Waals surface area contributed by atoms with Crippen LogP contribution >= 0.6 is 11.8 Å². The lowest BCUT2D eigenvalue weighted by atomic mass is 10.2. The molecule has 0 spiro atoms. The summed E-state index contributed by atoms with van der Waals surface area (Å²) in [5, 5.41) is 14.4. The lowest BCUT2D eigenvalue weighted by Gasteiger charge is -2.11. The van der Waals surface area contributed by atoms with Crippen LogP contribution in [0.4, 0.5) is 10.1 Å². The Kier molecular flexibility index (Phi) is 3.05. The van der Waals surface area contributed by atoms with Crippen LogP contribution in [0.1, 0.15) is 5.56 Å². The monoisotopic (exact) mass is 255 g/mol. The van der Waals surface area contributed by atoms with Crippen molar-refractivity contribution in [2.45, 2.75) is 0 Å². The van der Waals surface area contributed by atoms with E-state index in [9.17, 15) is 19.3 Å². The largest absolute Gasteiger partial charge is 0.272 e. The van der Waals surface area contributed by atoms with E-state index >= 15 is 0 Å². The Hall–Kier alpha value is -1.96. The van der Waals surface area contributed by atoms with E-state index in [-0.39, 0.29) is 22.9 Å². The van der Waals surface area contributed by atoms with Crippen molar-refractivity contribution in [3.63, 3.8) is 0 Å². The minimum atomic E-state index is -0.735. The molecule has 6 nitrogen and oxygen atoms in total. The van der Waals surface area contributed by atoms with E-state index in [0.717, 1.165) is 17.8 Å². The molecule has 17 heavy (non-hydrogen) atoms. The second kappa shape index (κ2) is 4.50. The molecular formula is C9H6FN3O3S. The zero-order valence-corrected chi connectivity index (χ0v) is 9.16. The van der Waals surface area contributed by atoms with Gasteiger partial charge in [-0.25, -0.2) is 9.82 Å². The number of nitro groups is 1. The van der Waals surface area contributed by atoms with Gasteiger partial charge in [-0.3, -0.25) is 14.9 Å². The van der Waals surface area contributed by atoms with E-state index in [4.69, 9.17) is 0 Å². The van der Waals surface area contributed by atoms with Gasteiger partial charge in [-0.05, 0) is 6.07 Å². The summed E-state index contributed by atoms with van der Waals surface area (Å²) in [4.78, 5) is 20.6. The van der Waals surface area contributed by atoms with E-state index in [2.05, 4.69) is 10.5 Å². The first kappa shape index (κ1) is 11.5. The van der Waals surface area contributed by atoms with Crippen LogP contribution in [-0.2, 0) is 4.79 Å². The van der Waals surface area contributed by atoms with Crippen molar-refractivity contribution in [1.82, 2.24) is 5.43 Å². The number of carbonyl (C=O) groups is 1. The molecule has 0 radical (unpaired) electrons. The average molecular weight is 255 g/mol. The maximum absolute atomic E-state index is 13.6. The van der Waals surface area contributed by atoms with Crippen molar-refractivity contribution in [1.29, 1.82) is 0 Å². The molecule has 1 aliphatic rings. The fraction of sp³-hybridized carbons (Fsp3) is 0.111. The highest BCUT2D eigenvalue weighted by molar-refractivity contribution is 8.15. The summed E-state index contributed by atoms with van der Waals surface area (Å²) in [6.45, 7) is 0. The molecule has 0 fully saturated rings. The summed E-state index contributed by atoms with van der Waals surface area (Å²) < 4.78 is 13.6. The van der Waals surface area contributed by atoms with E-state index in [1.807, 2.05) is 0 Å². The maximum Gasteiger partial charge on any atom is 0.272 e. The summed E-state index contributed by atoms with van der Waals surface area (Å²) in [6.07, 6.45) is 0. The van der Waals surface area contributed by atoms with Crippen LogP contribution in [0.2, 0.25) is 0 Å². The topological polar surface area (TPSA) is 84.6 Å². The Labute approximate surface area is 99.0 Å². The molecule has 1 aliphatic heterocycles. The van der Waals surface area contributed by atoms with Gasteiger partial charge in [0.25, 0.3) is 11.6 Å². The number of nitro benzene ring substituents is 1. The number of rotatable bonds is 2. The minimum absolute atomic E-state index is 0.139.